The number of amides is 1. The van der Waals surface area contributed by atoms with E-state index < -0.39 is 12.4 Å². The van der Waals surface area contributed by atoms with Crippen LogP contribution < -0.4 is 5.32 Å². The summed E-state index contributed by atoms with van der Waals surface area (Å²) < 4.78 is 0. The summed E-state index contributed by atoms with van der Waals surface area (Å²) in [5.74, 6) is -1.61. The Balaban J connectivity index is 2.35. The van der Waals surface area contributed by atoms with Crippen LogP contribution in [0.25, 0.3) is 0 Å². The van der Waals surface area contributed by atoms with Crippen molar-refractivity contribution in [1.29, 1.82) is 0 Å². The first-order valence-corrected chi connectivity index (χ1v) is 4.58. The van der Waals surface area contributed by atoms with Crippen molar-refractivity contribution >= 4 is 17.7 Å². The second-order valence-electron chi connectivity index (χ2n) is 3.44. The van der Waals surface area contributed by atoms with Gasteiger partial charge < -0.3 is 10.4 Å². The summed E-state index contributed by atoms with van der Waals surface area (Å²) in [7, 11) is 0. The van der Waals surface area contributed by atoms with Gasteiger partial charge in [-0.05, 0) is 6.42 Å². The van der Waals surface area contributed by atoms with E-state index in [0.717, 1.165) is 0 Å². The Morgan fingerprint density at radius 2 is 2.14 bits per heavy atom. The SMILES string of the molecule is CC[C@@H]1C(=O)N[C@H]1CC(=O)CC(=O)O. The molecule has 2 atom stereocenters. The summed E-state index contributed by atoms with van der Waals surface area (Å²) in [6, 6.07) is -0.153. The number of rotatable bonds is 5. The number of carboxylic acid groups (broad SMARTS) is 1. The monoisotopic (exact) mass is 199 g/mol. The number of carboxylic acids is 1. The molecule has 1 saturated heterocycles. The Morgan fingerprint density at radius 3 is 2.57 bits per heavy atom. The summed E-state index contributed by atoms with van der Waals surface area (Å²) >= 11 is 0. The molecule has 1 amide bonds. The van der Waals surface area contributed by atoms with Crippen molar-refractivity contribution in [3.05, 3.63) is 0 Å². The van der Waals surface area contributed by atoms with E-state index in [9.17, 15) is 14.4 Å². The smallest absolute Gasteiger partial charge is 0.310 e. The van der Waals surface area contributed by atoms with Crippen LogP contribution in [0.5, 0.6) is 0 Å². The number of hydrogen-bond acceptors (Lipinski definition) is 3. The zero-order chi connectivity index (χ0) is 10.7. The molecule has 5 heteroatoms. The third-order valence-corrected chi connectivity index (χ3v) is 2.39. The maximum Gasteiger partial charge on any atom is 0.310 e. The fourth-order valence-electron chi connectivity index (χ4n) is 1.63. The molecule has 0 spiro atoms. The third kappa shape index (κ3) is 2.31. The molecule has 2 N–H and O–H groups in total. The predicted molar refractivity (Wildman–Crippen MR) is 47.6 cm³/mol. The molecule has 0 saturated carbocycles. The average Bonchev–Trinajstić information content (AvgIpc) is 2.02. The van der Waals surface area contributed by atoms with Crippen molar-refractivity contribution in [3.63, 3.8) is 0 Å². The number of aliphatic carboxylic acids is 1. The van der Waals surface area contributed by atoms with Crippen molar-refractivity contribution in [3.8, 4) is 0 Å². The summed E-state index contributed by atoms with van der Waals surface area (Å²) in [4.78, 5) is 32.2. The van der Waals surface area contributed by atoms with Gasteiger partial charge in [0.15, 0.2) is 0 Å². The van der Waals surface area contributed by atoms with E-state index in [-0.39, 0.29) is 30.1 Å². The van der Waals surface area contributed by atoms with Crippen LogP contribution in [0.2, 0.25) is 0 Å². The second-order valence-corrected chi connectivity index (χ2v) is 3.44. The number of hydrogen-bond donors (Lipinski definition) is 2. The highest BCUT2D eigenvalue weighted by Gasteiger charge is 2.38. The maximum atomic E-state index is 11.1. The molecule has 1 rings (SSSR count). The zero-order valence-corrected chi connectivity index (χ0v) is 7.95. The van der Waals surface area contributed by atoms with Gasteiger partial charge in [0.2, 0.25) is 5.91 Å². The van der Waals surface area contributed by atoms with Crippen LogP contribution in [0.3, 0.4) is 0 Å². The van der Waals surface area contributed by atoms with Gasteiger partial charge in [0.05, 0.1) is 5.92 Å². The van der Waals surface area contributed by atoms with Crippen molar-refractivity contribution in [2.75, 3.05) is 0 Å². The Morgan fingerprint density at radius 1 is 1.50 bits per heavy atom. The molecule has 1 heterocycles. The van der Waals surface area contributed by atoms with Crippen LogP contribution in [0.4, 0.5) is 0 Å². The molecule has 1 aliphatic heterocycles. The number of Topliss-reactive ketones (excluding diaryl/α,β-unsaturated/α-hetero) is 1. The van der Waals surface area contributed by atoms with Crippen LogP contribution in [0, 0.1) is 5.92 Å². The molecule has 1 fully saturated rings. The summed E-state index contributed by atoms with van der Waals surface area (Å²) in [6.07, 6.45) is 0.371. The van der Waals surface area contributed by atoms with E-state index in [1.165, 1.54) is 0 Å². The number of carbonyl (C=O) groups excluding carboxylic acids is 2. The summed E-state index contributed by atoms with van der Waals surface area (Å²) in [5.41, 5.74) is 0. The highest BCUT2D eigenvalue weighted by Crippen LogP contribution is 2.21. The quantitative estimate of drug-likeness (QED) is 0.480. The van der Waals surface area contributed by atoms with Gasteiger partial charge in [-0.3, -0.25) is 14.4 Å². The highest BCUT2D eigenvalue weighted by molar-refractivity contribution is 5.96. The van der Waals surface area contributed by atoms with Crippen LogP contribution >= 0.6 is 0 Å². The van der Waals surface area contributed by atoms with E-state index in [2.05, 4.69) is 5.32 Å². The number of ketones is 1. The molecule has 0 bridgehead atoms. The standard InChI is InChI=1S/C9H13NO4/c1-2-6-7(10-9(6)14)3-5(11)4-8(12)13/h6-7H,2-4H2,1H3,(H,10,14)(H,12,13)/t6-,7-/m0/s1. The Kier molecular flexibility index (Phi) is 3.22. The van der Waals surface area contributed by atoms with E-state index in [1.807, 2.05) is 6.92 Å². The molecule has 0 radical (unpaired) electrons. The van der Waals surface area contributed by atoms with Crippen LogP contribution in [-0.2, 0) is 14.4 Å². The minimum Gasteiger partial charge on any atom is -0.481 e. The van der Waals surface area contributed by atoms with Gasteiger partial charge in [0.1, 0.15) is 12.2 Å². The fraction of sp³-hybridized carbons (Fsp3) is 0.667. The van der Waals surface area contributed by atoms with Gasteiger partial charge in [0, 0.05) is 12.5 Å². The molecule has 1 aliphatic rings. The molecular weight excluding hydrogens is 186 g/mol. The van der Waals surface area contributed by atoms with E-state index in [4.69, 9.17) is 5.11 Å². The molecule has 0 aromatic carbocycles. The van der Waals surface area contributed by atoms with Crippen molar-refractivity contribution in [2.24, 2.45) is 5.92 Å². The van der Waals surface area contributed by atoms with Gasteiger partial charge in [-0.2, -0.15) is 0 Å². The van der Waals surface area contributed by atoms with E-state index in [1.54, 1.807) is 0 Å². The number of β-lactam (4-membered cyclic amide) rings is 1. The van der Waals surface area contributed by atoms with Crippen LogP contribution in [0.1, 0.15) is 26.2 Å². The minimum absolute atomic E-state index is 0.0411. The summed E-state index contributed by atoms with van der Waals surface area (Å²) in [5, 5.41) is 10.9. The van der Waals surface area contributed by atoms with Crippen molar-refractivity contribution in [1.82, 2.24) is 5.32 Å². The van der Waals surface area contributed by atoms with Gasteiger partial charge in [-0.15, -0.1) is 0 Å². The fourth-order valence-corrected chi connectivity index (χ4v) is 1.63. The lowest BCUT2D eigenvalue weighted by atomic mass is 9.84. The van der Waals surface area contributed by atoms with Crippen LogP contribution in [-0.4, -0.2) is 28.8 Å². The van der Waals surface area contributed by atoms with Crippen molar-refractivity contribution in [2.45, 2.75) is 32.2 Å². The van der Waals surface area contributed by atoms with Gasteiger partial charge in [-0.25, -0.2) is 0 Å². The van der Waals surface area contributed by atoms with Gasteiger partial charge in [-0.1, -0.05) is 6.92 Å². The third-order valence-electron chi connectivity index (χ3n) is 2.39. The van der Waals surface area contributed by atoms with Crippen molar-refractivity contribution < 1.29 is 19.5 Å². The highest BCUT2D eigenvalue weighted by atomic mass is 16.4. The van der Waals surface area contributed by atoms with Gasteiger partial charge in [0.25, 0.3) is 0 Å². The zero-order valence-electron chi connectivity index (χ0n) is 7.95. The lowest BCUT2D eigenvalue weighted by Gasteiger charge is -2.35. The molecule has 0 aliphatic carbocycles. The van der Waals surface area contributed by atoms with Crippen LogP contribution in [0.15, 0.2) is 0 Å². The molecule has 14 heavy (non-hydrogen) atoms. The normalized spacial score (nSPS) is 25.1. The van der Waals surface area contributed by atoms with E-state index in [0.29, 0.717) is 6.42 Å². The lowest BCUT2D eigenvalue weighted by Crippen LogP contribution is -2.58. The Labute approximate surface area is 81.5 Å². The average molecular weight is 199 g/mol. The molecule has 0 aromatic rings. The molecule has 0 aromatic heterocycles. The second kappa shape index (κ2) is 4.21. The first-order valence-electron chi connectivity index (χ1n) is 4.58. The Bertz CT molecular complexity index is 274. The largest absolute Gasteiger partial charge is 0.481 e. The Hall–Kier alpha value is -1.39. The topological polar surface area (TPSA) is 83.5 Å². The molecule has 0 unspecified atom stereocenters. The predicted octanol–water partition coefficient (Wildman–Crippen LogP) is -0.0551. The first-order chi connectivity index (χ1) is 6.54. The molecule has 5 nitrogen and oxygen atoms in total. The molecular formula is C9H13NO4. The minimum atomic E-state index is -1.12. The van der Waals surface area contributed by atoms with E-state index >= 15 is 0 Å². The summed E-state index contributed by atoms with van der Waals surface area (Å²) in [6.45, 7) is 1.87. The number of carbonyl (C=O) groups is 3. The maximum absolute atomic E-state index is 11.1. The number of nitrogens with one attached hydrogen (secondary N) is 1. The molecule has 78 valence electrons. The lowest BCUT2D eigenvalue weighted by molar-refractivity contribution is -0.141. The van der Waals surface area contributed by atoms with Gasteiger partial charge >= 0.3 is 5.97 Å². The first kappa shape index (κ1) is 10.7.